The molecule has 8 aromatic carbocycles. The lowest BCUT2D eigenvalue weighted by molar-refractivity contribution is -0.440. The lowest BCUT2D eigenvalue weighted by Crippen LogP contribution is -2.70. The van der Waals surface area contributed by atoms with Gasteiger partial charge in [0, 0.05) is 23.3 Å². The highest BCUT2D eigenvalue weighted by molar-refractivity contribution is 5.98. The molecule has 0 amide bonds. The molecule has 0 aliphatic heterocycles. The van der Waals surface area contributed by atoms with E-state index < -0.39 is 89.4 Å². The van der Waals surface area contributed by atoms with Crippen molar-refractivity contribution in [1.29, 1.82) is 0 Å². The van der Waals surface area contributed by atoms with Gasteiger partial charge in [0.1, 0.15) is 40.1 Å². The first-order valence-electron chi connectivity index (χ1n) is 40.4. The van der Waals surface area contributed by atoms with Gasteiger partial charge >= 0.3 is 71.6 Å². The van der Waals surface area contributed by atoms with Gasteiger partial charge in [-0.05, 0) is 252 Å². The number of hydrogen-bond acceptors (Lipinski definition) is 16. The zero-order chi connectivity index (χ0) is 97.3. The van der Waals surface area contributed by atoms with E-state index in [9.17, 15) is 95.4 Å². The van der Waals surface area contributed by atoms with E-state index in [2.05, 4.69) is 86.1 Å². The van der Waals surface area contributed by atoms with Crippen LogP contribution in [0.15, 0.2) is 170 Å². The van der Waals surface area contributed by atoms with Crippen LogP contribution < -0.4 is 23.7 Å². The molecule has 0 saturated carbocycles. The maximum absolute atomic E-state index is 13.4. The number of rotatable bonds is 26. The Morgan fingerprint density at radius 3 is 1.02 bits per heavy atom. The number of ketones is 2. The van der Waals surface area contributed by atoms with Crippen LogP contribution in [-0.2, 0) is 44.2 Å². The van der Waals surface area contributed by atoms with E-state index in [4.69, 9.17) is 33.2 Å². The summed E-state index contributed by atoms with van der Waals surface area (Å²) >= 11 is 0. The zero-order valence-corrected chi connectivity index (χ0v) is 76.3. The second-order valence-electron chi connectivity index (χ2n) is 33.5. The van der Waals surface area contributed by atoms with Gasteiger partial charge in [0.05, 0.1) is 47.2 Å². The van der Waals surface area contributed by atoms with Gasteiger partial charge in [-0.3, -0.25) is 19.2 Å². The van der Waals surface area contributed by atoms with E-state index in [0.717, 1.165) is 56.7 Å². The molecule has 0 saturated heterocycles. The van der Waals surface area contributed by atoms with Crippen molar-refractivity contribution in [3.8, 4) is 28.7 Å². The summed E-state index contributed by atoms with van der Waals surface area (Å²) in [6.07, 6.45) is -9.11. The third kappa shape index (κ3) is 31.6. The lowest BCUT2D eigenvalue weighted by Gasteiger charge is -2.39. The van der Waals surface area contributed by atoms with E-state index in [1.54, 1.807) is 42.5 Å². The summed E-state index contributed by atoms with van der Waals surface area (Å²) in [6.45, 7) is 44.8. The Bertz CT molecular complexity index is 5030. The Morgan fingerprint density at radius 2 is 0.693 bits per heavy atom. The number of benzene rings is 8. The van der Waals surface area contributed by atoms with Crippen LogP contribution in [-0.4, -0.2) is 108 Å². The standard InChI is InChI=1S/C53H50O9.C13H13F13O2.C13H20O.C10H20O3.C6H6.C3H6O/c1-31-26-41(18-22-45(31)59-36(6)55)52(7,8)42-19-23-46(32(2)27-42)60-49(56)37-14-16-38(17-15-37)50(57)61-47-24-20-43(28-33(47)3)53(9,10)44-21-25-48(34(4)29-44)62-51(58)40-13-11-12-39(30-40)35(5)54;1-3-6(2)7(27)28-5-4-8(14,15)9(16,17)10(18,19)11(20,21)12(22,23)13(24,25)26;1-9-7-10(2)11(3)12(8-9)14-13(4,5)6;1-6-8(2)9(11)12-7-13-10(3,4)5;1-2-4-6-5-3-1;1-3(2)4/h11-30H,1-10H3;6H,3-5H2,1-2H3;7-8H,1-6H3;8H,6-7H2,1-5H3;1-6H;1-2H3. The fourth-order valence-corrected chi connectivity index (χ4v) is 11.1. The van der Waals surface area contributed by atoms with Gasteiger partial charge < -0.3 is 42.7 Å². The molecule has 8 rings (SSSR count). The summed E-state index contributed by atoms with van der Waals surface area (Å²) in [6, 6.07) is 51.7. The third-order valence-corrected chi connectivity index (χ3v) is 19.5. The second-order valence-corrected chi connectivity index (χ2v) is 33.5. The Labute approximate surface area is 734 Å². The highest BCUT2D eigenvalue weighted by atomic mass is 19.4. The number of hydrogen-bond donors (Lipinski definition) is 0. The zero-order valence-electron chi connectivity index (χ0n) is 76.3. The van der Waals surface area contributed by atoms with Gasteiger partial charge in [0.2, 0.25) is 0 Å². The summed E-state index contributed by atoms with van der Waals surface area (Å²) in [5.74, 6) is -38.8. The van der Waals surface area contributed by atoms with Crippen molar-refractivity contribution in [1.82, 2.24) is 0 Å². The van der Waals surface area contributed by atoms with Crippen molar-refractivity contribution in [2.24, 2.45) is 11.8 Å². The van der Waals surface area contributed by atoms with E-state index in [1.807, 2.05) is 147 Å². The van der Waals surface area contributed by atoms with E-state index >= 15 is 0 Å². The van der Waals surface area contributed by atoms with Gasteiger partial charge in [0.15, 0.2) is 12.6 Å². The van der Waals surface area contributed by atoms with Crippen LogP contribution in [0.5, 0.6) is 28.7 Å². The quantitative estimate of drug-likeness (QED) is 0.0162. The number of halogens is 13. The predicted octanol–water partition coefficient (Wildman–Crippen LogP) is 25.5. The van der Waals surface area contributed by atoms with Crippen LogP contribution in [0, 0.1) is 60.3 Å². The number of carbonyl (C=O) groups excluding carboxylic acids is 8. The maximum Gasteiger partial charge on any atom is 0.460 e. The molecular weight excluding hydrogens is 1680 g/mol. The molecule has 29 heteroatoms. The van der Waals surface area contributed by atoms with Crippen LogP contribution in [0.3, 0.4) is 0 Å². The highest BCUT2D eigenvalue weighted by Crippen LogP contribution is 2.61. The van der Waals surface area contributed by atoms with Gasteiger partial charge in [0.25, 0.3) is 0 Å². The van der Waals surface area contributed by atoms with Gasteiger partial charge in [-0.1, -0.05) is 159 Å². The number of ether oxygens (including phenoxy) is 8. The fraction of sp³-hybridized carbons (Fsp3) is 0.429. The van der Waals surface area contributed by atoms with Crippen LogP contribution in [0.25, 0.3) is 0 Å². The Hall–Kier alpha value is -11.2. The van der Waals surface area contributed by atoms with Crippen molar-refractivity contribution in [3.63, 3.8) is 0 Å². The molecule has 0 spiro atoms. The molecule has 0 heterocycles. The second kappa shape index (κ2) is 46.0. The monoisotopic (exact) mass is 1790 g/mol. The van der Waals surface area contributed by atoms with Crippen molar-refractivity contribution < 1.29 is 133 Å². The van der Waals surface area contributed by atoms with Crippen molar-refractivity contribution in [2.45, 2.75) is 250 Å². The first-order chi connectivity index (χ1) is 58.2. The molecule has 0 aliphatic rings. The van der Waals surface area contributed by atoms with Crippen molar-refractivity contribution in [3.05, 3.63) is 253 Å². The number of alkyl halides is 13. The first kappa shape index (κ1) is 110. The Balaban J connectivity index is 0.000000518. The smallest absolute Gasteiger partial charge is 0.460 e. The molecule has 0 N–H and O–H groups in total. The largest absolute Gasteiger partial charge is 0.488 e. The summed E-state index contributed by atoms with van der Waals surface area (Å²) in [5, 5.41) is 0. The Kier molecular flexibility index (Phi) is 39.8. The van der Waals surface area contributed by atoms with E-state index in [-0.39, 0.29) is 65.0 Å². The molecule has 694 valence electrons. The average Bonchev–Trinajstić information content (AvgIpc) is 0.709. The van der Waals surface area contributed by atoms with Crippen LogP contribution in [0.2, 0.25) is 0 Å². The summed E-state index contributed by atoms with van der Waals surface area (Å²) in [7, 11) is 0. The molecule has 0 fully saturated rings. The van der Waals surface area contributed by atoms with Crippen molar-refractivity contribution >= 4 is 47.4 Å². The summed E-state index contributed by atoms with van der Waals surface area (Å²) < 4.78 is 209. The first-order valence-corrected chi connectivity index (χ1v) is 40.4. The van der Waals surface area contributed by atoms with Crippen LogP contribution in [0.1, 0.15) is 247 Å². The Morgan fingerprint density at radius 1 is 0.354 bits per heavy atom. The van der Waals surface area contributed by atoms with Crippen LogP contribution >= 0.6 is 0 Å². The molecular formula is C98H115F13O16. The SMILES string of the molecule is CC(=O)Oc1ccc(C(C)(C)c2ccc(OC(=O)c3ccc(C(=O)Oc4ccc(C(C)(C)c5ccc(OC(=O)c6cccc(C(C)=O)c6)c(C)c5)cc4C)cc3)c(C)c2)cc1C.CC(C)=O.CCC(C)C(=O)OCCC(F)(F)C(F)(F)C(F)(F)C(F)(F)C(F)(F)C(F)(F)F.CCC(C)C(=O)OCOC(C)(C)C.Cc1cc(C)c(C)c(OC(C)(C)C)c1.c1ccccc1. The third-order valence-electron chi connectivity index (χ3n) is 19.5. The highest BCUT2D eigenvalue weighted by Gasteiger charge is 2.90. The fourth-order valence-electron chi connectivity index (χ4n) is 11.1. The molecule has 127 heavy (non-hydrogen) atoms. The van der Waals surface area contributed by atoms with E-state index in [0.29, 0.717) is 34.1 Å². The molecule has 0 aromatic heterocycles. The summed E-state index contributed by atoms with van der Waals surface area (Å²) in [5.41, 5.74) is 11.0. The van der Waals surface area contributed by atoms with Gasteiger partial charge in [-0.15, -0.1) is 0 Å². The van der Waals surface area contributed by atoms with Gasteiger partial charge in [-0.2, -0.15) is 57.1 Å². The number of carbonyl (C=O) groups is 8. The number of Topliss-reactive ketones (excluding diaryl/α,β-unsaturated/α-hetero) is 2. The topological polar surface area (TPSA) is 210 Å². The molecule has 8 aromatic rings. The molecule has 2 atom stereocenters. The minimum Gasteiger partial charge on any atom is -0.488 e. The average molecular weight is 1800 g/mol. The molecule has 2 unspecified atom stereocenters. The molecule has 0 aliphatic carbocycles. The normalized spacial score (nSPS) is 12.4. The number of aryl methyl sites for hydroxylation is 6. The van der Waals surface area contributed by atoms with Crippen LogP contribution in [0.4, 0.5) is 57.1 Å². The van der Waals surface area contributed by atoms with Gasteiger partial charge in [-0.25, -0.2) is 14.4 Å². The molecule has 0 bridgehead atoms. The minimum atomic E-state index is -7.93. The lowest BCUT2D eigenvalue weighted by atomic mass is 9.77. The maximum atomic E-state index is 13.4. The predicted molar refractivity (Wildman–Crippen MR) is 459 cm³/mol. The number of esters is 6. The molecule has 16 nitrogen and oxygen atoms in total. The minimum absolute atomic E-state index is 0.0384. The van der Waals surface area contributed by atoms with Crippen molar-refractivity contribution in [2.75, 3.05) is 13.4 Å². The summed E-state index contributed by atoms with van der Waals surface area (Å²) in [4.78, 5) is 94.4. The van der Waals surface area contributed by atoms with E-state index in [1.165, 1.54) is 88.6 Å². The molecule has 0 radical (unpaired) electrons.